The maximum Gasteiger partial charge on any atom is 0.260 e. The molecule has 0 saturated carbocycles. The van der Waals surface area contributed by atoms with Crippen molar-refractivity contribution >= 4 is 11.6 Å². The van der Waals surface area contributed by atoms with Crippen molar-refractivity contribution < 1.29 is 9.53 Å². The molecule has 1 aliphatic rings. The smallest absolute Gasteiger partial charge is 0.260 e. The van der Waals surface area contributed by atoms with Gasteiger partial charge < -0.3 is 9.64 Å². The van der Waals surface area contributed by atoms with Crippen LogP contribution in [0.3, 0.4) is 0 Å². The highest BCUT2D eigenvalue weighted by atomic mass is 16.5. The Morgan fingerprint density at radius 1 is 0.906 bits per heavy atom. The lowest BCUT2D eigenvalue weighted by Crippen LogP contribution is -2.40. The van der Waals surface area contributed by atoms with Crippen molar-refractivity contribution in [1.29, 1.82) is 0 Å². The third-order valence-electron chi connectivity index (χ3n) is 6.11. The van der Waals surface area contributed by atoms with Gasteiger partial charge in [0.25, 0.3) is 5.91 Å². The minimum absolute atomic E-state index is 0.0315. The van der Waals surface area contributed by atoms with Crippen LogP contribution in [-0.2, 0) is 11.2 Å². The van der Waals surface area contributed by atoms with Crippen molar-refractivity contribution in [3.8, 4) is 5.75 Å². The molecular formula is C26H26N4O2. The van der Waals surface area contributed by atoms with Gasteiger partial charge in [-0.1, -0.05) is 54.6 Å². The molecule has 0 spiro atoms. The number of likely N-dealkylation sites (tertiary alicyclic amines) is 1. The van der Waals surface area contributed by atoms with Crippen LogP contribution < -0.4 is 4.74 Å². The van der Waals surface area contributed by atoms with E-state index in [0.29, 0.717) is 19.0 Å². The quantitative estimate of drug-likeness (QED) is 0.466. The van der Waals surface area contributed by atoms with E-state index in [1.165, 1.54) is 5.56 Å². The molecule has 0 unspecified atom stereocenters. The van der Waals surface area contributed by atoms with Crippen LogP contribution in [0.4, 0.5) is 0 Å². The molecule has 1 fully saturated rings. The number of carbonyl (C=O) groups is 1. The van der Waals surface area contributed by atoms with Crippen LogP contribution in [0.1, 0.15) is 35.7 Å². The van der Waals surface area contributed by atoms with Crippen LogP contribution in [-0.4, -0.2) is 45.1 Å². The van der Waals surface area contributed by atoms with Gasteiger partial charge >= 0.3 is 0 Å². The van der Waals surface area contributed by atoms with Gasteiger partial charge in [0.2, 0.25) is 0 Å². The first-order chi connectivity index (χ1) is 15.8. The van der Waals surface area contributed by atoms with Crippen LogP contribution in [0.5, 0.6) is 5.75 Å². The zero-order valence-electron chi connectivity index (χ0n) is 17.9. The summed E-state index contributed by atoms with van der Waals surface area (Å²) in [4.78, 5) is 14.7. The Morgan fingerprint density at radius 2 is 1.66 bits per heavy atom. The number of piperidine rings is 1. The first kappa shape index (κ1) is 20.2. The van der Waals surface area contributed by atoms with Crippen LogP contribution in [0.2, 0.25) is 0 Å². The molecule has 3 heterocycles. The molecule has 0 bridgehead atoms. The van der Waals surface area contributed by atoms with E-state index in [0.717, 1.165) is 42.0 Å². The number of amides is 1. The number of ether oxygens (including phenoxy) is 1. The number of rotatable bonds is 6. The van der Waals surface area contributed by atoms with E-state index in [2.05, 4.69) is 32.8 Å². The lowest BCUT2D eigenvalue weighted by atomic mass is 9.96. The first-order valence-corrected chi connectivity index (χ1v) is 11.1. The van der Waals surface area contributed by atoms with Gasteiger partial charge in [0, 0.05) is 31.6 Å². The third kappa shape index (κ3) is 4.35. The van der Waals surface area contributed by atoms with E-state index in [1.807, 2.05) is 65.7 Å². The van der Waals surface area contributed by atoms with Gasteiger partial charge in [-0.3, -0.25) is 9.20 Å². The maximum atomic E-state index is 12.8. The minimum atomic E-state index is 0.0315. The van der Waals surface area contributed by atoms with Gasteiger partial charge in [-0.2, -0.15) is 0 Å². The monoisotopic (exact) mass is 426 g/mol. The predicted octanol–water partition coefficient (Wildman–Crippen LogP) is 4.11. The van der Waals surface area contributed by atoms with Crippen molar-refractivity contribution in [2.75, 3.05) is 19.7 Å². The second kappa shape index (κ2) is 9.22. The van der Waals surface area contributed by atoms with E-state index in [1.54, 1.807) is 0 Å². The van der Waals surface area contributed by atoms with Crippen molar-refractivity contribution in [2.45, 2.75) is 25.2 Å². The minimum Gasteiger partial charge on any atom is -0.483 e. The molecule has 6 heteroatoms. The fourth-order valence-electron chi connectivity index (χ4n) is 4.36. The van der Waals surface area contributed by atoms with Gasteiger partial charge in [-0.15, -0.1) is 10.2 Å². The van der Waals surface area contributed by atoms with Crippen LogP contribution in [0.15, 0.2) is 79.0 Å². The lowest BCUT2D eigenvalue weighted by molar-refractivity contribution is -0.134. The molecule has 1 amide bonds. The zero-order valence-corrected chi connectivity index (χ0v) is 17.9. The van der Waals surface area contributed by atoms with Crippen molar-refractivity contribution in [2.24, 2.45) is 0 Å². The SMILES string of the molecule is O=C(COc1ccccc1Cc1ccccc1)N1CCC(c2nnc3ccccn23)CC1. The number of pyridine rings is 1. The average Bonchev–Trinajstić information content (AvgIpc) is 3.28. The zero-order chi connectivity index (χ0) is 21.8. The Morgan fingerprint density at radius 3 is 2.50 bits per heavy atom. The van der Waals surface area contributed by atoms with Crippen molar-refractivity contribution in [3.63, 3.8) is 0 Å². The third-order valence-corrected chi connectivity index (χ3v) is 6.11. The Balaban J connectivity index is 1.18. The van der Waals surface area contributed by atoms with E-state index < -0.39 is 0 Å². The van der Waals surface area contributed by atoms with E-state index >= 15 is 0 Å². The fourth-order valence-corrected chi connectivity index (χ4v) is 4.36. The highest BCUT2D eigenvalue weighted by Crippen LogP contribution is 2.27. The summed E-state index contributed by atoms with van der Waals surface area (Å²) in [5.41, 5.74) is 3.17. The Labute approximate surface area is 187 Å². The normalized spacial score (nSPS) is 14.6. The number of benzene rings is 2. The summed E-state index contributed by atoms with van der Waals surface area (Å²) < 4.78 is 8.01. The number of hydrogen-bond acceptors (Lipinski definition) is 4. The fraction of sp³-hybridized carbons (Fsp3) is 0.269. The van der Waals surface area contributed by atoms with E-state index in [-0.39, 0.29) is 12.5 Å². The standard InChI is InChI=1S/C26H26N4O2/c31-25(19-32-23-11-5-4-10-22(23)18-20-8-2-1-3-9-20)29-16-13-21(14-17-29)26-28-27-24-12-6-7-15-30(24)26/h1-12,15,21H,13-14,16-19H2. The Kier molecular flexibility index (Phi) is 5.83. The molecule has 162 valence electrons. The number of carbonyl (C=O) groups excluding carboxylic acids is 1. The molecule has 2 aromatic carbocycles. The Hall–Kier alpha value is -3.67. The average molecular weight is 427 g/mol. The van der Waals surface area contributed by atoms with Crippen LogP contribution in [0, 0.1) is 0 Å². The number of hydrogen-bond donors (Lipinski definition) is 0. The molecule has 0 N–H and O–H groups in total. The molecule has 0 atom stereocenters. The number of fused-ring (bicyclic) bond motifs is 1. The van der Waals surface area contributed by atoms with Gasteiger partial charge in [0.05, 0.1) is 0 Å². The van der Waals surface area contributed by atoms with Crippen molar-refractivity contribution in [1.82, 2.24) is 19.5 Å². The first-order valence-electron chi connectivity index (χ1n) is 11.1. The van der Waals surface area contributed by atoms with Gasteiger partial charge in [-0.25, -0.2) is 0 Å². The van der Waals surface area contributed by atoms with Gasteiger partial charge in [0.1, 0.15) is 11.6 Å². The van der Waals surface area contributed by atoms with Gasteiger partial charge in [0.15, 0.2) is 12.3 Å². The molecule has 1 aliphatic heterocycles. The summed E-state index contributed by atoms with van der Waals surface area (Å²) in [6.07, 6.45) is 4.55. The summed E-state index contributed by atoms with van der Waals surface area (Å²) in [6.45, 7) is 1.48. The summed E-state index contributed by atoms with van der Waals surface area (Å²) >= 11 is 0. The molecule has 2 aromatic heterocycles. The molecule has 1 saturated heterocycles. The largest absolute Gasteiger partial charge is 0.483 e. The molecular weight excluding hydrogens is 400 g/mol. The number of aromatic nitrogens is 3. The molecule has 0 radical (unpaired) electrons. The van der Waals surface area contributed by atoms with Crippen LogP contribution >= 0.6 is 0 Å². The molecule has 6 nitrogen and oxygen atoms in total. The van der Waals surface area contributed by atoms with Crippen molar-refractivity contribution in [3.05, 3.63) is 95.9 Å². The molecule has 4 aromatic rings. The highest BCUT2D eigenvalue weighted by Gasteiger charge is 2.27. The summed E-state index contributed by atoms with van der Waals surface area (Å²) in [7, 11) is 0. The van der Waals surface area contributed by atoms with E-state index in [9.17, 15) is 4.79 Å². The lowest BCUT2D eigenvalue weighted by Gasteiger charge is -2.31. The van der Waals surface area contributed by atoms with Crippen LogP contribution in [0.25, 0.3) is 5.65 Å². The Bertz CT molecular complexity index is 1200. The molecule has 5 rings (SSSR count). The second-order valence-corrected chi connectivity index (χ2v) is 8.20. The predicted molar refractivity (Wildman–Crippen MR) is 123 cm³/mol. The number of nitrogens with zero attached hydrogens (tertiary/aromatic N) is 4. The number of para-hydroxylation sites is 1. The van der Waals surface area contributed by atoms with Gasteiger partial charge in [-0.05, 0) is 42.2 Å². The topological polar surface area (TPSA) is 59.7 Å². The maximum absolute atomic E-state index is 12.8. The summed E-state index contributed by atoms with van der Waals surface area (Å²) in [5.74, 6) is 2.10. The van der Waals surface area contributed by atoms with E-state index in [4.69, 9.17) is 4.74 Å². The summed E-state index contributed by atoms with van der Waals surface area (Å²) in [6, 6.07) is 24.2. The second-order valence-electron chi connectivity index (χ2n) is 8.20. The summed E-state index contributed by atoms with van der Waals surface area (Å²) in [5, 5.41) is 8.66. The molecule has 32 heavy (non-hydrogen) atoms. The molecule has 0 aliphatic carbocycles. The highest BCUT2D eigenvalue weighted by molar-refractivity contribution is 5.78.